The third-order valence-corrected chi connectivity index (χ3v) is 2.83. The predicted molar refractivity (Wildman–Crippen MR) is 55.8 cm³/mol. The molecule has 1 aromatic heterocycles. The molecule has 0 saturated carbocycles. The maximum atomic E-state index is 10.7. The van der Waals surface area contributed by atoms with E-state index in [-0.39, 0.29) is 12.5 Å². The van der Waals surface area contributed by atoms with Gasteiger partial charge in [-0.1, -0.05) is 0 Å². The number of nitrogens with one attached hydrogen (secondary N) is 1. The number of rotatable bonds is 3. The highest BCUT2D eigenvalue weighted by atomic mass is 16.4. The van der Waals surface area contributed by atoms with Crippen molar-refractivity contribution in [2.45, 2.75) is 31.7 Å². The van der Waals surface area contributed by atoms with Gasteiger partial charge in [-0.2, -0.15) is 5.10 Å². The van der Waals surface area contributed by atoms with Crippen LogP contribution in [0.4, 0.5) is 5.82 Å². The average molecular weight is 209 g/mol. The molecule has 1 atom stereocenters. The Morgan fingerprint density at radius 1 is 1.67 bits per heavy atom. The van der Waals surface area contributed by atoms with E-state index in [4.69, 9.17) is 5.11 Å². The fraction of sp³-hybridized carbons (Fsp3) is 0.600. The number of aromatic nitrogens is 2. The van der Waals surface area contributed by atoms with Crippen molar-refractivity contribution in [1.82, 2.24) is 10.2 Å². The van der Waals surface area contributed by atoms with Crippen molar-refractivity contribution in [2.75, 3.05) is 11.4 Å². The van der Waals surface area contributed by atoms with Gasteiger partial charge in [0.1, 0.15) is 5.82 Å². The van der Waals surface area contributed by atoms with E-state index in [0.717, 1.165) is 31.6 Å². The van der Waals surface area contributed by atoms with E-state index < -0.39 is 5.97 Å². The van der Waals surface area contributed by atoms with Gasteiger partial charge in [0, 0.05) is 18.7 Å². The molecule has 1 aliphatic heterocycles. The van der Waals surface area contributed by atoms with Gasteiger partial charge in [0.2, 0.25) is 0 Å². The van der Waals surface area contributed by atoms with E-state index in [1.165, 1.54) is 0 Å². The molecule has 1 saturated heterocycles. The lowest BCUT2D eigenvalue weighted by atomic mass is 9.99. The quantitative estimate of drug-likeness (QED) is 0.786. The van der Waals surface area contributed by atoms with Crippen LogP contribution in [0.5, 0.6) is 0 Å². The summed E-state index contributed by atoms with van der Waals surface area (Å²) in [6.07, 6.45) is 5.09. The Kier molecular flexibility index (Phi) is 2.89. The summed E-state index contributed by atoms with van der Waals surface area (Å²) < 4.78 is 0. The molecule has 5 heteroatoms. The summed E-state index contributed by atoms with van der Waals surface area (Å²) in [7, 11) is 0. The summed E-state index contributed by atoms with van der Waals surface area (Å²) in [4.78, 5) is 12.8. The normalized spacial score (nSPS) is 21.6. The van der Waals surface area contributed by atoms with E-state index >= 15 is 0 Å². The van der Waals surface area contributed by atoms with Crippen molar-refractivity contribution in [1.29, 1.82) is 0 Å². The van der Waals surface area contributed by atoms with Crippen molar-refractivity contribution in [3.63, 3.8) is 0 Å². The number of H-pyrrole nitrogens is 1. The van der Waals surface area contributed by atoms with Crippen LogP contribution in [0.1, 0.15) is 25.7 Å². The lowest BCUT2D eigenvalue weighted by Crippen LogP contribution is -2.41. The van der Waals surface area contributed by atoms with E-state index in [1.54, 1.807) is 6.20 Å². The summed E-state index contributed by atoms with van der Waals surface area (Å²) in [5.41, 5.74) is 0. The van der Waals surface area contributed by atoms with E-state index in [9.17, 15) is 4.79 Å². The minimum absolute atomic E-state index is 0.108. The molecule has 2 rings (SSSR count). The molecular formula is C10H15N3O2. The zero-order valence-corrected chi connectivity index (χ0v) is 8.52. The van der Waals surface area contributed by atoms with Gasteiger partial charge in [0.15, 0.2) is 0 Å². The topological polar surface area (TPSA) is 69.2 Å². The van der Waals surface area contributed by atoms with Crippen LogP contribution in [0.15, 0.2) is 12.3 Å². The van der Waals surface area contributed by atoms with Crippen LogP contribution in [0.2, 0.25) is 0 Å². The molecule has 5 nitrogen and oxygen atoms in total. The van der Waals surface area contributed by atoms with Crippen molar-refractivity contribution in [2.24, 2.45) is 0 Å². The van der Waals surface area contributed by atoms with Gasteiger partial charge < -0.3 is 10.0 Å². The highest BCUT2D eigenvalue weighted by Gasteiger charge is 2.25. The molecule has 0 aliphatic carbocycles. The number of hydrogen-bond acceptors (Lipinski definition) is 3. The Balaban J connectivity index is 2.09. The molecule has 2 N–H and O–H groups in total. The van der Waals surface area contributed by atoms with Gasteiger partial charge in [-0.25, -0.2) is 0 Å². The van der Waals surface area contributed by atoms with Crippen LogP contribution in [0, 0.1) is 0 Å². The maximum Gasteiger partial charge on any atom is 0.305 e. The van der Waals surface area contributed by atoms with Crippen molar-refractivity contribution in [3.8, 4) is 0 Å². The molecule has 82 valence electrons. The fourth-order valence-corrected chi connectivity index (χ4v) is 2.14. The molecule has 1 unspecified atom stereocenters. The van der Waals surface area contributed by atoms with E-state index in [1.807, 2.05) is 6.07 Å². The van der Waals surface area contributed by atoms with Crippen molar-refractivity contribution in [3.05, 3.63) is 12.3 Å². The first-order valence-corrected chi connectivity index (χ1v) is 5.25. The second kappa shape index (κ2) is 4.33. The Labute approximate surface area is 88.1 Å². The highest BCUT2D eigenvalue weighted by molar-refractivity contribution is 5.68. The van der Waals surface area contributed by atoms with Gasteiger partial charge in [-0.3, -0.25) is 9.89 Å². The molecule has 0 radical (unpaired) electrons. The van der Waals surface area contributed by atoms with Gasteiger partial charge >= 0.3 is 5.97 Å². The first-order chi connectivity index (χ1) is 7.27. The third-order valence-electron chi connectivity index (χ3n) is 2.83. The van der Waals surface area contributed by atoms with Crippen LogP contribution in [-0.2, 0) is 4.79 Å². The number of hydrogen-bond donors (Lipinski definition) is 2. The van der Waals surface area contributed by atoms with Crippen LogP contribution in [0.3, 0.4) is 0 Å². The number of carbonyl (C=O) groups is 1. The van der Waals surface area contributed by atoms with Gasteiger partial charge in [0.05, 0.1) is 12.6 Å². The third kappa shape index (κ3) is 2.29. The second-order valence-corrected chi connectivity index (χ2v) is 3.88. The van der Waals surface area contributed by atoms with Gasteiger partial charge in [-0.15, -0.1) is 0 Å². The number of nitrogens with zero attached hydrogens (tertiary/aromatic N) is 2. The minimum atomic E-state index is -0.730. The minimum Gasteiger partial charge on any atom is -0.481 e. The zero-order chi connectivity index (χ0) is 10.7. The number of aromatic amines is 1. The summed E-state index contributed by atoms with van der Waals surface area (Å²) in [6, 6.07) is 2.00. The largest absolute Gasteiger partial charge is 0.481 e. The van der Waals surface area contributed by atoms with Crippen LogP contribution in [0.25, 0.3) is 0 Å². The van der Waals surface area contributed by atoms with E-state index in [0.29, 0.717) is 0 Å². The molecule has 15 heavy (non-hydrogen) atoms. The molecule has 0 spiro atoms. The molecule has 0 bridgehead atoms. The lowest BCUT2D eigenvalue weighted by Gasteiger charge is -2.35. The van der Waals surface area contributed by atoms with Crippen LogP contribution >= 0.6 is 0 Å². The summed E-state index contributed by atoms with van der Waals surface area (Å²) in [6.45, 7) is 0.917. The summed E-state index contributed by atoms with van der Waals surface area (Å²) >= 11 is 0. The van der Waals surface area contributed by atoms with Gasteiger partial charge in [-0.05, 0) is 19.3 Å². The van der Waals surface area contributed by atoms with E-state index in [2.05, 4.69) is 15.1 Å². The molecular weight excluding hydrogens is 194 g/mol. The Bertz CT molecular complexity index is 323. The number of aliphatic carboxylic acids is 1. The Morgan fingerprint density at radius 3 is 3.20 bits per heavy atom. The monoisotopic (exact) mass is 209 g/mol. The van der Waals surface area contributed by atoms with Crippen LogP contribution < -0.4 is 4.90 Å². The standard InChI is InChI=1S/C10H15N3O2/c14-10(15)7-8-3-1-2-6-13(8)9-4-5-11-12-9/h4-5,8H,1-3,6-7H2,(H,11,12)(H,14,15). The second-order valence-electron chi connectivity index (χ2n) is 3.88. The molecule has 0 aromatic carbocycles. The molecule has 2 heterocycles. The Morgan fingerprint density at radius 2 is 2.53 bits per heavy atom. The first-order valence-electron chi connectivity index (χ1n) is 5.25. The summed E-state index contributed by atoms with van der Waals surface area (Å²) in [5.74, 6) is 0.201. The smallest absolute Gasteiger partial charge is 0.305 e. The number of carboxylic acids is 1. The first kappa shape index (κ1) is 10.0. The predicted octanol–water partition coefficient (Wildman–Crippen LogP) is 1.24. The molecule has 1 fully saturated rings. The lowest BCUT2D eigenvalue weighted by molar-refractivity contribution is -0.137. The highest BCUT2D eigenvalue weighted by Crippen LogP contribution is 2.24. The van der Waals surface area contributed by atoms with Crippen LogP contribution in [-0.4, -0.2) is 33.9 Å². The maximum absolute atomic E-state index is 10.7. The Hall–Kier alpha value is -1.52. The number of piperidine rings is 1. The zero-order valence-electron chi connectivity index (χ0n) is 8.52. The molecule has 1 aromatic rings. The van der Waals surface area contributed by atoms with Crippen molar-refractivity contribution < 1.29 is 9.90 Å². The number of anilines is 1. The fourth-order valence-electron chi connectivity index (χ4n) is 2.14. The molecule has 1 aliphatic rings. The average Bonchev–Trinajstić information content (AvgIpc) is 2.70. The number of carboxylic acid groups (broad SMARTS) is 1. The molecule has 0 amide bonds. The SMILES string of the molecule is O=C(O)CC1CCCCN1c1ccn[nH]1. The van der Waals surface area contributed by atoms with Crippen molar-refractivity contribution >= 4 is 11.8 Å². The summed E-state index contributed by atoms with van der Waals surface area (Å²) in [5, 5.41) is 15.6. The van der Waals surface area contributed by atoms with Gasteiger partial charge in [0.25, 0.3) is 0 Å².